The third kappa shape index (κ3) is 3.57. The molecule has 1 heterocycles. The first-order valence-corrected chi connectivity index (χ1v) is 4.84. The Bertz CT molecular complexity index is 403. The van der Waals surface area contributed by atoms with Crippen LogP contribution in [0.25, 0.3) is 0 Å². The Kier molecular flexibility index (Phi) is 5.24. The van der Waals surface area contributed by atoms with E-state index in [1.165, 1.54) is 0 Å². The summed E-state index contributed by atoms with van der Waals surface area (Å²) in [4.78, 5) is 3.94. The molecule has 0 amide bonds. The molecule has 0 bridgehead atoms. The minimum absolute atomic E-state index is 0. The van der Waals surface area contributed by atoms with Gasteiger partial charge in [0.15, 0.2) is 5.88 Å². The van der Waals surface area contributed by atoms with Gasteiger partial charge in [-0.3, -0.25) is 0 Å². The van der Waals surface area contributed by atoms with Gasteiger partial charge in [-0.05, 0) is 18.2 Å². The third-order valence-corrected chi connectivity index (χ3v) is 2.38. The molecule has 0 spiro atoms. The number of aromatic nitrogens is 1. The van der Waals surface area contributed by atoms with Crippen LogP contribution in [0.1, 0.15) is 5.56 Å². The van der Waals surface area contributed by atoms with Gasteiger partial charge in [0.25, 0.3) is 0 Å². The first-order chi connectivity index (χ1) is 6.86. The molecule has 0 aliphatic heterocycles. The summed E-state index contributed by atoms with van der Waals surface area (Å²) < 4.78 is 5.51. The van der Waals surface area contributed by atoms with Crippen molar-refractivity contribution in [2.24, 2.45) is 0 Å². The topological polar surface area (TPSA) is 25.0 Å². The Labute approximate surface area is 115 Å². The first-order valence-electron chi connectivity index (χ1n) is 4.39. The van der Waals surface area contributed by atoms with E-state index in [1.807, 2.05) is 42.6 Å². The van der Waals surface area contributed by atoms with E-state index in [0.29, 0.717) is 6.61 Å². The number of ether oxygens (including phenoxy) is 1. The predicted molar refractivity (Wildman–Crippen MR) is 64.6 cm³/mol. The average Bonchev–Trinajstić information content (AvgIpc) is 2.69. The summed E-state index contributed by atoms with van der Waals surface area (Å²) in [5.41, 5.74) is 1.09. The zero-order valence-corrected chi connectivity index (χ0v) is 12.9. The predicted octanol–water partition coefficient (Wildman–Crippen LogP) is 2.50. The third-order valence-electron chi connectivity index (χ3n) is 1.94. The van der Waals surface area contributed by atoms with Gasteiger partial charge in [0.1, 0.15) is 6.61 Å². The molecule has 0 atom stereocenters. The summed E-state index contributed by atoms with van der Waals surface area (Å²) in [6.45, 7) is 0.542. The smallest absolute Gasteiger partial charge is 0.191 e. The molecule has 4 radical (unpaired) electrons. The quantitative estimate of drug-likeness (QED) is 0.588. The van der Waals surface area contributed by atoms with Crippen LogP contribution in [0.4, 0.5) is 0 Å². The summed E-state index contributed by atoms with van der Waals surface area (Å²) in [6, 6.07) is 11.7. The summed E-state index contributed by atoms with van der Waals surface area (Å²) in [5.74, 6) is 0.779. The molecule has 0 aliphatic rings. The molecule has 0 fully saturated rings. The molecule has 0 saturated heterocycles. The molecule has 1 aromatic carbocycles. The van der Waals surface area contributed by atoms with Gasteiger partial charge in [0, 0.05) is 44.0 Å². The van der Waals surface area contributed by atoms with E-state index in [1.54, 1.807) is 0 Å². The van der Waals surface area contributed by atoms with Crippen molar-refractivity contribution in [1.29, 1.82) is 0 Å². The molecule has 1 aromatic heterocycles. The zero-order valence-electron chi connectivity index (χ0n) is 8.10. The fourth-order valence-corrected chi connectivity index (χ4v) is 1.42. The second-order valence-electron chi connectivity index (χ2n) is 2.95. The van der Waals surface area contributed by atoms with Crippen molar-refractivity contribution in [2.45, 2.75) is 11.5 Å². The molecule has 0 aliphatic carbocycles. The van der Waals surface area contributed by atoms with E-state index in [9.17, 15) is 0 Å². The van der Waals surface area contributed by atoms with E-state index in [-0.39, 0.29) is 27.3 Å². The van der Waals surface area contributed by atoms with Crippen molar-refractivity contribution >= 4 is 39.9 Å². The Hall–Kier alpha value is -0.428. The van der Waals surface area contributed by atoms with Crippen molar-refractivity contribution in [2.75, 3.05) is 0 Å². The van der Waals surface area contributed by atoms with Crippen molar-refractivity contribution in [3.8, 4) is 5.88 Å². The van der Waals surface area contributed by atoms with Crippen LogP contribution < -0.4 is 4.74 Å². The number of benzene rings is 1. The summed E-state index contributed by atoms with van der Waals surface area (Å²) >= 11 is 4.34. The number of H-pyrrole nitrogens is 1. The number of rotatable bonds is 3. The molecule has 15 heavy (non-hydrogen) atoms. The van der Waals surface area contributed by atoms with Gasteiger partial charge in [0.2, 0.25) is 0 Å². The minimum Gasteiger partial charge on any atom is -0.474 e. The van der Waals surface area contributed by atoms with E-state index in [2.05, 4.69) is 17.6 Å². The van der Waals surface area contributed by atoms with Gasteiger partial charge >= 0.3 is 0 Å². The van der Waals surface area contributed by atoms with E-state index in [4.69, 9.17) is 4.74 Å². The molecule has 76 valence electrons. The molecule has 2 aromatic rings. The SMILES string of the molecule is Sc1ccccc1COc1ccc[nH]1.[Pb]. The second-order valence-corrected chi connectivity index (χ2v) is 3.43. The van der Waals surface area contributed by atoms with Gasteiger partial charge in [-0.2, -0.15) is 0 Å². The van der Waals surface area contributed by atoms with Crippen LogP contribution in [0.15, 0.2) is 47.5 Å². The van der Waals surface area contributed by atoms with Gasteiger partial charge in [-0.15, -0.1) is 12.6 Å². The van der Waals surface area contributed by atoms with E-state index in [0.717, 1.165) is 16.3 Å². The van der Waals surface area contributed by atoms with Crippen molar-refractivity contribution in [3.63, 3.8) is 0 Å². The number of aromatic amines is 1. The van der Waals surface area contributed by atoms with Crippen LogP contribution in [0.5, 0.6) is 5.88 Å². The molecule has 2 rings (SSSR count). The van der Waals surface area contributed by atoms with Gasteiger partial charge in [-0.1, -0.05) is 18.2 Å². The molecule has 1 N–H and O–H groups in total. The Morgan fingerprint density at radius 1 is 1.13 bits per heavy atom. The molecular formula is C11H11NOPbS. The van der Waals surface area contributed by atoms with Crippen LogP contribution in [0.3, 0.4) is 0 Å². The van der Waals surface area contributed by atoms with E-state index < -0.39 is 0 Å². The van der Waals surface area contributed by atoms with Crippen LogP contribution in [0.2, 0.25) is 0 Å². The fraction of sp³-hybridized carbons (Fsp3) is 0.0909. The average molecular weight is 412 g/mol. The molecule has 0 unspecified atom stereocenters. The van der Waals surface area contributed by atoms with E-state index >= 15 is 0 Å². The number of hydrogen-bond acceptors (Lipinski definition) is 2. The summed E-state index contributed by atoms with van der Waals surface area (Å²) in [7, 11) is 0. The Morgan fingerprint density at radius 3 is 2.60 bits per heavy atom. The van der Waals surface area contributed by atoms with Crippen molar-refractivity contribution < 1.29 is 4.74 Å². The normalized spacial score (nSPS) is 9.40. The number of nitrogens with one attached hydrogen (secondary N) is 1. The maximum atomic E-state index is 5.51. The summed E-state index contributed by atoms with van der Waals surface area (Å²) in [5, 5.41) is 0. The van der Waals surface area contributed by atoms with Gasteiger partial charge < -0.3 is 9.72 Å². The summed E-state index contributed by atoms with van der Waals surface area (Å²) in [6.07, 6.45) is 1.84. The van der Waals surface area contributed by atoms with Crippen LogP contribution in [-0.2, 0) is 6.61 Å². The van der Waals surface area contributed by atoms with Crippen LogP contribution in [-0.4, -0.2) is 32.3 Å². The Balaban J connectivity index is 0.00000112. The van der Waals surface area contributed by atoms with Gasteiger partial charge in [-0.25, -0.2) is 0 Å². The Morgan fingerprint density at radius 2 is 1.93 bits per heavy atom. The maximum Gasteiger partial charge on any atom is 0.191 e. The largest absolute Gasteiger partial charge is 0.474 e. The fourth-order valence-electron chi connectivity index (χ4n) is 1.19. The number of hydrogen-bond donors (Lipinski definition) is 2. The standard InChI is InChI=1S/C11H11NOS.Pb/c14-10-5-2-1-4-9(10)8-13-11-6-3-7-12-11;/h1-7,12,14H,8H2;. The molecule has 0 saturated carbocycles. The zero-order chi connectivity index (χ0) is 9.80. The monoisotopic (exact) mass is 413 g/mol. The first kappa shape index (κ1) is 12.6. The van der Waals surface area contributed by atoms with Crippen LogP contribution >= 0.6 is 12.6 Å². The molecule has 2 nitrogen and oxygen atoms in total. The van der Waals surface area contributed by atoms with Gasteiger partial charge in [0.05, 0.1) is 0 Å². The van der Waals surface area contributed by atoms with Crippen LogP contribution in [0, 0.1) is 0 Å². The second kappa shape index (κ2) is 6.22. The minimum atomic E-state index is 0. The molecular weight excluding hydrogens is 401 g/mol. The number of thiol groups is 1. The van der Waals surface area contributed by atoms with Crippen molar-refractivity contribution in [1.82, 2.24) is 4.98 Å². The van der Waals surface area contributed by atoms with Crippen molar-refractivity contribution in [3.05, 3.63) is 48.2 Å². The maximum absolute atomic E-state index is 5.51. The molecule has 4 heteroatoms.